The third kappa shape index (κ3) is 3.45. The van der Waals surface area contributed by atoms with Crippen LogP contribution in [0, 0.1) is 12.8 Å². The van der Waals surface area contributed by atoms with E-state index in [-0.39, 0.29) is 17.0 Å². The molecular weight excluding hydrogens is 376 g/mol. The molecule has 1 aliphatic heterocycles. The number of benzene rings is 2. The summed E-state index contributed by atoms with van der Waals surface area (Å²) in [6, 6.07) is 11.1. The third-order valence-electron chi connectivity index (χ3n) is 4.13. The Kier molecular flexibility index (Phi) is 4.77. The van der Waals surface area contributed by atoms with Gasteiger partial charge in [0.25, 0.3) is 5.91 Å². The Labute approximate surface area is 156 Å². The highest BCUT2D eigenvalue weighted by Crippen LogP contribution is 2.29. The zero-order valence-corrected chi connectivity index (χ0v) is 15.8. The summed E-state index contributed by atoms with van der Waals surface area (Å²) in [5.41, 5.74) is 1.81. The van der Waals surface area contributed by atoms with Crippen molar-refractivity contribution < 1.29 is 18.0 Å². The summed E-state index contributed by atoms with van der Waals surface area (Å²) in [5.74, 6) is -1.76. The topological polar surface area (TPSA) is 83.6 Å². The summed E-state index contributed by atoms with van der Waals surface area (Å²) in [6.07, 6.45) is 0. The van der Waals surface area contributed by atoms with E-state index in [9.17, 15) is 18.0 Å². The van der Waals surface area contributed by atoms with Crippen molar-refractivity contribution in [1.82, 2.24) is 0 Å². The smallest absolute Gasteiger partial charge is 0.255 e. The van der Waals surface area contributed by atoms with Crippen LogP contribution in [0.5, 0.6) is 0 Å². The third-order valence-corrected chi connectivity index (χ3v) is 6.41. The molecule has 2 aromatic rings. The predicted octanol–water partition coefficient (Wildman–Crippen LogP) is 3.21. The van der Waals surface area contributed by atoms with E-state index in [1.54, 1.807) is 31.2 Å². The molecule has 2 aromatic carbocycles. The van der Waals surface area contributed by atoms with Gasteiger partial charge in [-0.05, 0) is 42.8 Å². The van der Waals surface area contributed by atoms with Gasteiger partial charge in [0.1, 0.15) is 0 Å². The molecule has 1 heterocycles. The SMILES string of the molecule is Cc1ccc(NC(=O)c2cccc(N3C(=O)[C@@H](C)CS3(=O)=O)c2)cc1Cl. The molecule has 0 unspecified atom stereocenters. The van der Waals surface area contributed by atoms with Crippen LogP contribution in [0.15, 0.2) is 42.5 Å². The molecule has 8 heteroatoms. The van der Waals surface area contributed by atoms with Gasteiger partial charge >= 0.3 is 0 Å². The highest BCUT2D eigenvalue weighted by atomic mass is 35.5. The second kappa shape index (κ2) is 6.74. The fraction of sp³-hybridized carbons (Fsp3) is 0.222. The van der Waals surface area contributed by atoms with Gasteiger partial charge in [0.15, 0.2) is 0 Å². The summed E-state index contributed by atoms with van der Waals surface area (Å²) in [5, 5.41) is 3.24. The van der Waals surface area contributed by atoms with Crippen molar-refractivity contribution >= 4 is 44.8 Å². The molecule has 0 spiro atoms. The number of sulfonamides is 1. The second-order valence-electron chi connectivity index (χ2n) is 6.25. The summed E-state index contributed by atoms with van der Waals surface area (Å²) in [7, 11) is -3.72. The molecule has 0 saturated carbocycles. The Balaban J connectivity index is 1.88. The molecule has 0 bridgehead atoms. The van der Waals surface area contributed by atoms with Crippen LogP contribution < -0.4 is 9.62 Å². The maximum Gasteiger partial charge on any atom is 0.255 e. The number of halogens is 1. The van der Waals surface area contributed by atoms with Crippen molar-refractivity contribution in [2.75, 3.05) is 15.4 Å². The van der Waals surface area contributed by atoms with Crippen LogP contribution in [0.1, 0.15) is 22.8 Å². The highest BCUT2D eigenvalue weighted by Gasteiger charge is 2.42. The molecule has 1 atom stereocenters. The van der Waals surface area contributed by atoms with Crippen molar-refractivity contribution in [1.29, 1.82) is 0 Å². The summed E-state index contributed by atoms with van der Waals surface area (Å²) >= 11 is 6.05. The van der Waals surface area contributed by atoms with Crippen LogP contribution in [0.4, 0.5) is 11.4 Å². The van der Waals surface area contributed by atoms with Gasteiger partial charge in [0.05, 0.1) is 17.4 Å². The fourth-order valence-corrected chi connectivity index (χ4v) is 4.73. The first-order valence-electron chi connectivity index (χ1n) is 7.93. The Hall–Kier alpha value is -2.38. The van der Waals surface area contributed by atoms with Crippen LogP contribution in [-0.2, 0) is 14.8 Å². The van der Waals surface area contributed by atoms with Crippen molar-refractivity contribution in [2.45, 2.75) is 13.8 Å². The molecule has 2 amide bonds. The largest absolute Gasteiger partial charge is 0.322 e. The summed E-state index contributed by atoms with van der Waals surface area (Å²) in [6.45, 7) is 3.42. The fourth-order valence-electron chi connectivity index (χ4n) is 2.73. The summed E-state index contributed by atoms with van der Waals surface area (Å²) < 4.78 is 25.2. The normalized spacial score (nSPS) is 18.8. The standard InChI is InChI=1S/C18H17ClN2O4S/c1-11-6-7-14(9-16(11)19)20-17(22)13-4-3-5-15(8-13)21-18(23)12(2)10-26(21,24)25/h3-9,12H,10H2,1-2H3,(H,20,22)/t12-/m0/s1. The number of amides is 2. The van der Waals surface area contributed by atoms with Crippen molar-refractivity contribution in [2.24, 2.45) is 5.92 Å². The lowest BCUT2D eigenvalue weighted by Crippen LogP contribution is -2.30. The van der Waals surface area contributed by atoms with E-state index in [0.717, 1.165) is 9.87 Å². The molecule has 1 saturated heterocycles. The Morgan fingerprint density at radius 2 is 1.96 bits per heavy atom. The van der Waals surface area contributed by atoms with Gasteiger partial charge in [-0.2, -0.15) is 0 Å². The molecule has 0 aliphatic carbocycles. The minimum atomic E-state index is -3.72. The zero-order chi connectivity index (χ0) is 19.1. The van der Waals surface area contributed by atoms with Crippen molar-refractivity contribution in [3.8, 4) is 0 Å². The second-order valence-corrected chi connectivity index (χ2v) is 8.52. The van der Waals surface area contributed by atoms with E-state index in [4.69, 9.17) is 11.6 Å². The quantitative estimate of drug-likeness (QED) is 0.869. The van der Waals surface area contributed by atoms with E-state index < -0.39 is 27.8 Å². The molecular formula is C18H17ClN2O4S. The number of carbonyl (C=O) groups is 2. The van der Waals surface area contributed by atoms with Crippen LogP contribution in [0.25, 0.3) is 0 Å². The lowest BCUT2D eigenvalue weighted by atomic mass is 10.1. The number of aryl methyl sites for hydroxylation is 1. The first-order valence-corrected chi connectivity index (χ1v) is 9.92. The van der Waals surface area contributed by atoms with Gasteiger partial charge in [-0.25, -0.2) is 12.7 Å². The number of hydrogen-bond donors (Lipinski definition) is 1. The lowest BCUT2D eigenvalue weighted by molar-refractivity contribution is -0.119. The van der Waals surface area contributed by atoms with Gasteiger partial charge in [0, 0.05) is 16.3 Å². The van der Waals surface area contributed by atoms with Gasteiger partial charge < -0.3 is 5.32 Å². The van der Waals surface area contributed by atoms with Gasteiger partial charge in [-0.3, -0.25) is 9.59 Å². The first-order chi connectivity index (χ1) is 12.2. The van der Waals surface area contributed by atoms with Crippen LogP contribution >= 0.6 is 11.6 Å². The highest BCUT2D eigenvalue weighted by molar-refractivity contribution is 7.94. The monoisotopic (exact) mass is 392 g/mol. The minimum absolute atomic E-state index is 0.161. The Morgan fingerprint density at radius 3 is 2.58 bits per heavy atom. The molecule has 0 radical (unpaired) electrons. The number of nitrogens with zero attached hydrogens (tertiary/aromatic N) is 1. The van der Waals surface area contributed by atoms with Crippen LogP contribution in [0.2, 0.25) is 5.02 Å². The maximum absolute atomic E-state index is 12.5. The maximum atomic E-state index is 12.5. The van der Waals surface area contributed by atoms with Crippen molar-refractivity contribution in [3.05, 3.63) is 58.6 Å². The van der Waals surface area contributed by atoms with Crippen LogP contribution in [0.3, 0.4) is 0 Å². The number of nitrogens with one attached hydrogen (secondary N) is 1. The first kappa shape index (κ1) is 18.4. The summed E-state index contributed by atoms with van der Waals surface area (Å²) in [4.78, 5) is 24.7. The molecule has 1 N–H and O–H groups in total. The molecule has 0 aromatic heterocycles. The van der Waals surface area contributed by atoms with E-state index in [1.165, 1.54) is 18.2 Å². The molecule has 136 valence electrons. The van der Waals surface area contributed by atoms with E-state index in [2.05, 4.69) is 5.32 Å². The number of carbonyl (C=O) groups excluding carboxylic acids is 2. The molecule has 26 heavy (non-hydrogen) atoms. The molecule has 1 fully saturated rings. The minimum Gasteiger partial charge on any atom is -0.322 e. The van der Waals surface area contributed by atoms with E-state index >= 15 is 0 Å². The Morgan fingerprint density at radius 1 is 1.23 bits per heavy atom. The van der Waals surface area contributed by atoms with Crippen molar-refractivity contribution in [3.63, 3.8) is 0 Å². The average Bonchev–Trinajstić information content (AvgIpc) is 2.78. The molecule has 1 aliphatic rings. The number of rotatable bonds is 3. The van der Waals surface area contributed by atoms with Crippen LogP contribution in [-0.4, -0.2) is 26.0 Å². The molecule has 6 nitrogen and oxygen atoms in total. The molecule has 3 rings (SSSR count). The number of anilines is 2. The van der Waals surface area contributed by atoms with Gasteiger partial charge in [-0.15, -0.1) is 0 Å². The average molecular weight is 393 g/mol. The van der Waals surface area contributed by atoms with Gasteiger partial charge in [-0.1, -0.05) is 30.7 Å². The van der Waals surface area contributed by atoms with E-state index in [0.29, 0.717) is 10.7 Å². The predicted molar refractivity (Wildman–Crippen MR) is 101 cm³/mol. The van der Waals surface area contributed by atoms with E-state index in [1.807, 2.05) is 6.92 Å². The zero-order valence-electron chi connectivity index (χ0n) is 14.2. The number of hydrogen-bond acceptors (Lipinski definition) is 4. The lowest BCUT2D eigenvalue weighted by Gasteiger charge is -2.16. The Bertz CT molecular complexity index is 1000. The van der Waals surface area contributed by atoms with Gasteiger partial charge in [0.2, 0.25) is 15.9 Å².